The minimum atomic E-state index is -3.64. The fourth-order valence-electron chi connectivity index (χ4n) is 3.92. The van der Waals surface area contributed by atoms with Crippen molar-refractivity contribution in [1.82, 2.24) is 5.32 Å². The molecule has 33 heavy (non-hydrogen) atoms. The molecule has 2 aromatic rings. The lowest BCUT2D eigenvalue weighted by atomic mass is 10.1. The number of aryl methyl sites for hydroxylation is 1. The van der Waals surface area contributed by atoms with E-state index in [-0.39, 0.29) is 18.6 Å². The van der Waals surface area contributed by atoms with Crippen LogP contribution in [0.4, 0.5) is 11.4 Å². The maximum absolute atomic E-state index is 13.0. The van der Waals surface area contributed by atoms with Gasteiger partial charge in [0.15, 0.2) is 6.10 Å². The topological polar surface area (TPSA) is 114 Å². The van der Waals surface area contributed by atoms with Crippen molar-refractivity contribution in [3.63, 3.8) is 0 Å². The van der Waals surface area contributed by atoms with Gasteiger partial charge in [0.05, 0.1) is 35.8 Å². The monoisotopic (exact) mass is 473 g/mol. The average Bonchev–Trinajstić information content (AvgIpc) is 3.30. The van der Waals surface area contributed by atoms with Crippen LogP contribution in [0.1, 0.15) is 28.8 Å². The van der Waals surface area contributed by atoms with Gasteiger partial charge in [-0.3, -0.25) is 13.9 Å². The third-order valence-corrected chi connectivity index (χ3v) is 6.77. The number of hydrogen-bond acceptors (Lipinski definition) is 6. The van der Waals surface area contributed by atoms with Gasteiger partial charge in [0.25, 0.3) is 11.8 Å². The Morgan fingerprint density at radius 1 is 1.18 bits per heavy atom. The Bertz CT molecular complexity index is 1160. The lowest BCUT2D eigenvalue weighted by molar-refractivity contribution is -0.122. The summed E-state index contributed by atoms with van der Waals surface area (Å²) in [5.74, 6) is -0.571. The summed E-state index contributed by atoms with van der Waals surface area (Å²) in [6.07, 6.45) is 1.87. The van der Waals surface area contributed by atoms with E-state index in [1.54, 1.807) is 42.5 Å². The average molecular weight is 474 g/mol. The molecule has 1 fully saturated rings. The molecule has 0 aromatic heterocycles. The third-order valence-electron chi connectivity index (χ3n) is 5.62. The number of ether oxygens (including phenoxy) is 2. The van der Waals surface area contributed by atoms with E-state index in [2.05, 4.69) is 10.6 Å². The lowest BCUT2D eigenvalue weighted by Crippen LogP contribution is -2.48. The summed E-state index contributed by atoms with van der Waals surface area (Å²) >= 11 is 0. The summed E-state index contributed by atoms with van der Waals surface area (Å²) in [5, 5.41) is 5.57. The minimum Gasteiger partial charge on any atom is -0.476 e. The van der Waals surface area contributed by atoms with Crippen molar-refractivity contribution in [2.24, 2.45) is 0 Å². The Morgan fingerprint density at radius 3 is 2.70 bits per heavy atom. The molecule has 4 rings (SSSR count). The van der Waals surface area contributed by atoms with E-state index in [4.69, 9.17) is 9.47 Å². The van der Waals surface area contributed by atoms with Crippen molar-refractivity contribution in [2.45, 2.75) is 32.0 Å². The van der Waals surface area contributed by atoms with Crippen molar-refractivity contribution < 1.29 is 27.5 Å². The highest BCUT2D eigenvalue weighted by molar-refractivity contribution is 7.92. The molecule has 9 nitrogen and oxygen atoms in total. The van der Waals surface area contributed by atoms with Gasteiger partial charge in [0.2, 0.25) is 10.0 Å². The predicted molar refractivity (Wildman–Crippen MR) is 124 cm³/mol. The summed E-state index contributed by atoms with van der Waals surface area (Å²) in [4.78, 5) is 25.8. The first-order valence-electron chi connectivity index (χ1n) is 10.8. The van der Waals surface area contributed by atoms with Crippen LogP contribution in [-0.2, 0) is 19.6 Å². The van der Waals surface area contributed by atoms with Crippen LogP contribution in [0.3, 0.4) is 0 Å². The van der Waals surface area contributed by atoms with Gasteiger partial charge in [-0.05, 0) is 49.6 Å². The molecular formula is C23H27N3O6S. The van der Waals surface area contributed by atoms with Gasteiger partial charge >= 0.3 is 0 Å². The summed E-state index contributed by atoms with van der Waals surface area (Å²) in [6, 6.07) is 11.8. The Balaban J connectivity index is 1.50. The number of nitrogens with zero attached hydrogens (tertiary/aromatic N) is 1. The number of rotatable bonds is 6. The highest BCUT2D eigenvalue weighted by Gasteiger charge is 2.35. The van der Waals surface area contributed by atoms with Gasteiger partial charge in [0.1, 0.15) is 5.75 Å². The first kappa shape index (κ1) is 23.1. The van der Waals surface area contributed by atoms with Crippen LogP contribution in [-0.4, -0.2) is 58.4 Å². The second-order valence-electron chi connectivity index (χ2n) is 8.25. The molecule has 0 aliphatic carbocycles. The second kappa shape index (κ2) is 9.40. The zero-order valence-corrected chi connectivity index (χ0v) is 19.4. The molecule has 2 heterocycles. The van der Waals surface area contributed by atoms with E-state index >= 15 is 0 Å². The molecule has 2 aromatic carbocycles. The lowest BCUT2D eigenvalue weighted by Gasteiger charge is -2.34. The molecule has 2 aliphatic heterocycles. The number of carbonyl (C=O) groups is 2. The summed E-state index contributed by atoms with van der Waals surface area (Å²) in [7, 11) is -3.64. The quantitative estimate of drug-likeness (QED) is 0.664. The number of carbonyl (C=O) groups excluding carboxylic acids is 2. The maximum Gasteiger partial charge on any atom is 0.267 e. The highest BCUT2D eigenvalue weighted by Crippen LogP contribution is 2.36. The number of benzene rings is 2. The van der Waals surface area contributed by atoms with E-state index in [1.165, 1.54) is 4.31 Å². The number of amides is 2. The van der Waals surface area contributed by atoms with E-state index in [0.717, 1.165) is 24.7 Å². The van der Waals surface area contributed by atoms with Crippen molar-refractivity contribution in [2.75, 3.05) is 35.6 Å². The second-order valence-corrected chi connectivity index (χ2v) is 10.2. The molecule has 1 saturated heterocycles. The van der Waals surface area contributed by atoms with Crippen molar-refractivity contribution in [3.8, 4) is 5.75 Å². The molecule has 2 amide bonds. The number of para-hydroxylation sites is 1. The van der Waals surface area contributed by atoms with Gasteiger partial charge < -0.3 is 20.1 Å². The molecule has 2 aliphatic rings. The number of sulfonamides is 1. The molecule has 2 atom stereocenters. The Kier molecular flexibility index (Phi) is 6.57. The van der Waals surface area contributed by atoms with E-state index in [9.17, 15) is 18.0 Å². The van der Waals surface area contributed by atoms with Gasteiger partial charge in [-0.2, -0.15) is 0 Å². The van der Waals surface area contributed by atoms with Crippen molar-refractivity contribution in [3.05, 3.63) is 53.6 Å². The van der Waals surface area contributed by atoms with Gasteiger partial charge in [-0.15, -0.1) is 0 Å². The highest BCUT2D eigenvalue weighted by atomic mass is 32.2. The van der Waals surface area contributed by atoms with Gasteiger partial charge in [-0.1, -0.05) is 18.2 Å². The Hall–Kier alpha value is -3.11. The minimum absolute atomic E-state index is 0.00276. The molecular weight excluding hydrogens is 446 g/mol. The Morgan fingerprint density at radius 2 is 1.97 bits per heavy atom. The molecule has 0 saturated carbocycles. The Labute approximate surface area is 193 Å². The van der Waals surface area contributed by atoms with E-state index in [1.807, 2.05) is 6.92 Å². The van der Waals surface area contributed by atoms with Crippen LogP contribution < -0.4 is 19.7 Å². The SMILES string of the molecule is Cc1ccc2c(c1)N(S(C)(=O)=O)CC(C(=O)Nc1ccccc1C(=O)NCC1CCCO1)O2. The molecule has 10 heteroatoms. The van der Waals surface area contributed by atoms with Crippen LogP contribution in [0, 0.1) is 6.92 Å². The van der Waals surface area contributed by atoms with Crippen molar-refractivity contribution >= 4 is 33.2 Å². The molecule has 2 N–H and O–H groups in total. The zero-order chi connectivity index (χ0) is 23.6. The van der Waals surface area contributed by atoms with E-state index < -0.39 is 22.0 Å². The maximum atomic E-state index is 13.0. The number of anilines is 2. The molecule has 0 radical (unpaired) electrons. The molecule has 2 unspecified atom stereocenters. The van der Waals surface area contributed by atoms with Crippen LogP contribution in [0.25, 0.3) is 0 Å². The van der Waals surface area contributed by atoms with Gasteiger partial charge in [-0.25, -0.2) is 8.42 Å². The molecule has 176 valence electrons. The fraction of sp³-hybridized carbons (Fsp3) is 0.391. The third kappa shape index (κ3) is 5.28. The van der Waals surface area contributed by atoms with E-state index in [0.29, 0.717) is 35.8 Å². The summed E-state index contributed by atoms with van der Waals surface area (Å²) in [5.41, 5.74) is 1.89. The molecule has 0 bridgehead atoms. The van der Waals surface area contributed by atoms with Crippen LogP contribution in [0.5, 0.6) is 5.75 Å². The zero-order valence-electron chi connectivity index (χ0n) is 18.5. The first-order valence-corrected chi connectivity index (χ1v) is 12.6. The fourth-order valence-corrected chi connectivity index (χ4v) is 4.83. The summed E-state index contributed by atoms with van der Waals surface area (Å²) in [6.45, 7) is 2.77. The number of fused-ring (bicyclic) bond motifs is 1. The smallest absolute Gasteiger partial charge is 0.267 e. The van der Waals surface area contributed by atoms with Crippen LogP contribution >= 0.6 is 0 Å². The van der Waals surface area contributed by atoms with Crippen LogP contribution in [0.15, 0.2) is 42.5 Å². The normalized spacial score (nSPS) is 20.0. The first-order chi connectivity index (χ1) is 15.7. The summed E-state index contributed by atoms with van der Waals surface area (Å²) < 4.78 is 37.3. The molecule has 0 spiro atoms. The number of hydrogen-bond donors (Lipinski definition) is 2. The predicted octanol–water partition coefficient (Wildman–Crippen LogP) is 2.07. The van der Waals surface area contributed by atoms with Gasteiger partial charge in [0, 0.05) is 13.2 Å². The van der Waals surface area contributed by atoms with Crippen molar-refractivity contribution in [1.29, 1.82) is 0 Å². The number of nitrogens with one attached hydrogen (secondary N) is 2. The largest absolute Gasteiger partial charge is 0.476 e. The standard InChI is InChI=1S/C23H27N3O6S/c1-15-9-10-20-19(12-15)26(33(2,29)30)14-21(32-20)23(28)25-18-8-4-3-7-17(18)22(27)24-13-16-6-5-11-31-16/h3-4,7-10,12,16,21H,5-6,11,13-14H2,1-2H3,(H,24,27)(H,25,28). The van der Waals surface area contributed by atoms with Crippen LogP contribution in [0.2, 0.25) is 0 Å².